The topological polar surface area (TPSA) is 76.2 Å². The van der Waals surface area contributed by atoms with E-state index in [0.29, 0.717) is 5.82 Å². The highest BCUT2D eigenvalue weighted by Crippen LogP contribution is 2.22. The van der Waals surface area contributed by atoms with Crippen molar-refractivity contribution in [2.45, 2.75) is 32.2 Å². The molecule has 1 saturated heterocycles. The number of nitrogens with one attached hydrogen (secondary N) is 1. The Bertz CT molecular complexity index is 439. The SMILES string of the molecule is CC(CN1CCCCC1)Nc1c([N+](=O)[O-])ncn1C. The van der Waals surface area contributed by atoms with Crippen LogP contribution in [0.3, 0.4) is 0 Å². The Morgan fingerprint density at radius 3 is 2.79 bits per heavy atom. The van der Waals surface area contributed by atoms with E-state index < -0.39 is 4.92 Å². The third-order valence-electron chi connectivity index (χ3n) is 3.45. The van der Waals surface area contributed by atoms with Crippen molar-refractivity contribution in [1.82, 2.24) is 14.5 Å². The van der Waals surface area contributed by atoms with Crippen LogP contribution in [0.4, 0.5) is 11.6 Å². The maximum absolute atomic E-state index is 10.9. The Labute approximate surface area is 112 Å². The Morgan fingerprint density at radius 1 is 1.47 bits per heavy atom. The summed E-state index contributed by atoms with van der Waals surface area (Å²) < 4.78 is 1.66. The van der Waals surface area contributed by atoms with Crippen LogP contribution in [-0.4, -0.2) is 45.1 Å². The van der Waals surface area contributed by atoms with Crippen molar-refractivity contribution in [2.75, 3.05) is 25.0 Å². The molecule has 1 aromatic rings. The van der Waals surface area contributed by atoms with Crippen molar-refractivity contribution in [3.05, 3.63) is 16.4 Å². The molecule has 1 aliphatic heterocycles. The van der Waals surface area contributed by atoms with Crippen LogP contribution in [-0.2, 0) is 7.05 Å². The van der Waals surface area contributed by atoms with Crippen LogP contribution in [0.2, 0.25) is 0 Å². The van der Waals surface area contributed by atoms with Gasteiger partial charge in [0.05, 0.1) is 0 Å². The lowest BCUT2D eigenvalue weighted by Gasteiger charge is -2.29. The predicted molar refractivity (Wildman–Crippen MR) is 73.2 cm³/mol. The predicted octanol–water partition coefficient (Wildman–Crippen LogP) is 1.61. The van der Waals surface area contributed by atoms with Gasteiger partial charge in [0.2, 0.25) is 12.1 Å². The van der Waals surface area contributed by atoms with E-state index in [-0.39, 0.29) is 11.9 Å². The van der Waals surface area contributed by atoms with Gasteiger partial charge in [0.1, 0.15) is 0 Å². The van der Waals surface area contributed by atoms with E-state index in [1.165, 1.54) is 25.6 Å². The van der Waals surface area contributed by atoms with Gasteiger partial charge in [-0.3, -0.25) is 4.57 Å². The van der Waals surface area contributed by atoms with E-state index in [2.05, 4.69) is 15.2 Å². The van der Waals surface area contributed by atoms with Crippen LogP contribution in [0.25, 0.3) is 0 Å². The highest BCUT2D eigenvalue weighted by atomic mass is 16.6. The fourth-order valence-corrected chi connectivity index (χ4v) is 2.53. The largest absolute Gasteiger partial charge is 0.406 e. The number of aromatic nitrogens is 2. The molecule has 0 amide bonds. The average molecular weight is 267 g/mol. The minimum Gasteiger partial charge on any atom is -0.361 e. The summed E-state index contributed by atoms with van der Waals surface area (Å²) in [7, 11) is 1.76. The fraction of sp³-hybridized carbons (Fsp3) is 0.750. The van der Waals surface area contributed by atoms with Crippen molar-refractivity contribution >= 4 is 11.6 Å². The molecule has 2 rings (SSSR count). The van der Waals surface area contributed by atoms with E-state index >= 15 is 0 Å². The van der Waals surface area contributed by atoms with E-state index in [1.54, 1.807) is 11.6 Å². The van der Waals surface area contributed by atoms with Gasteiger partial charge >= 0.3 is 5.82 Å². The molecule has 1 aromatic heterocycles. The lowest BCUT2D eigenvalue weighted by Crippen LogP contribution is -2.38. The Balaban J connectivity index is 1.96. The van der Waals surface area contributed by atoms with Gasteiger partial charge in [0, 0.05) is 19.6 Å². The van der Waals surface area contributed by atoms with E-state index in [1.807, 2.05) is 6.92 Å². The summed E-state index contributed by atoms with van der Waals surface area (Å²) in [5, 5.41) is 14.1. The van der Waals surface area contributed by atoms with Gasteiger partial charge in [-0.1, -0.05) is 6.42 Å². The number of hydrogen-bond donors (Lipinski definition) is 1. The molecular weight excluding hydrogens is 246 g/mol. The first kappa shape index (κ1) is 13.8. The van der Waals surface area contributed by atoms with Gasteiger partial charge in [0.15, 0.2) is 0 Å². The standard InChI is InChI=1S/C12H21N5O2/c1-10(8-16-6-4-3-5-7-16)14-12-11(17(18)19)13-9-15(12)2/h9-10,14H,3-8H2,1-2H3. The van der Waals surface area contributed by atoms with Gasteiger partial charge in [-0.25, -0.2) is 0 Å². The first-order chi connectivity index (χ1) is 9.08. The third kappa shape index (κ3) is 3.44. The molecule has 1 fully saturated rings. The molecule has 0 spiro atoms. The van der Waals surface area contributed by atoms with Crippen LogP contribution in [0.5, 0.6) is 0 Å². The second-order valence-corrected chi connectivity index (χ2v) is 5.19. The normalized spacial score (nSPS) is 18.2. The van der Waals surface area contributed by atoms with Gasteiger partial charge in [-0.2, -0.15) is 0 Å². The number of anilines is 1. The number of nitro groups is 1. The third-order valence-corrected chi connectivity index (χ3v) is 3.45. The Morgan fingerprint density at radius 2 is 2.16 bits per heavy atom. The Kier molecular flexibility index (Phi) is 4.36. The molecule has 0 aromatic carbocycles. The Hall–Kier alpha value is -1.63. The minimum atomic E-state index is -0.448. The first-order valence-electron chi connectivity index (χ1n) is 6.72. The minimum absolute atomic E-state index is 0.104. The van der Waals surface area contributed by atoms with Crippen LogP contribution in [0.1, 0.15) is 26.2 Å². The number of likely N-dealkylation sites (tertiary alicyclic amines) is 1. The summed E-state index contributed by atoms with van der Waals surface area (Å²) in [6.45, 7) is 5.20. The zero-order valence-electron chi connectivity index (χ0n) is 11.5. The van der Waals surface area contributed by atoms with Crippen LogP contribution < -0.4 is 5.32 Å². The summed E-state index contributed by atoms with van der Waals surface area (Å²) in [5.41, 5.74) is 0. The molecule has 106 valence electrons. The lowest BCUT2D eigenvalue weighted by atomic mass is 10.1. The number of nitrogens with zero attached hydrogens (tertiary/aromatic N) is 4. The second kappa shape index (κ2) is 6.01. The molecule has 0 aliphatic carbocycles. The van der Waals surface area contributed by atoms with Crippen LogP contribution in [0, 0.1) is 10.1 Å². The zero-order chi connectivity index (χ0) is 13.8. The first-order valence-corrected chi connectivity index (χ1v) is 6.72. The number of imidazole rings is 1. The molecular formula is C12H21N5O2. The van der Waals surface area contributed by atoms with Crippen LogP contribution >= 0.6 is 0 Å². The van der Waals surface area contributed by atoms with E-state index in [9.17, 15) is 10.1 Å². The smallest absolute Gasteiger partial charge is 0.361 e. The number of aryl methyl sites for hydroxylation is 1. The molecule has 7 heteroatoms. The highest BCUT2D eigenvalue weighted by Gasteiger charge is 2.22. The molecule has 1 aliphatic rings. The summed E-state index contributed by atoms with van der Waals surface area (Å²) >= 11 is 0. The molecule has 1 atom stereocenters. The molecule has 19 heavy (non-hydrogen) atoms. The van der Waals surface area contributed by atoms with Gasteiger partial charge < -0.3 is 20.3 Å². The molecule has 1 unspecified atom stereocenters. The highest BCUT2D eigenvalue weighted by molar-refractivity contribution is 5.52. The monoisotopic (exact) mass is 267 g/mol. The lowest BCUT2D eigenvalue weighted by molar-refractivity contribution is -0.388. The van der Waals surface area contributed by atoms with Gasteiger partial charge in [-0.05, 0) is 42.8 Å². The summed E-state index contributed by atoms with van der Waals surface area (Å²) in [6, 6.07) is 0.159. The molecule has 0 bridgehead atoms. The van der Waals surface area contributed by atoms with Crippen LogP contribution in [0.15, 0.2) is 6.33 Å². The maximum atomic E-state index is 10.9. The fourth-order valence-electron chi connectivity index (χ4n) is 2.53. The molecule has 2 heterocycles. The van der Waals surface area contributed by atoms with Crippen molar-refractivity contribution in [3.63, 3.8) is 0 Å². The summed E-state index contributed by atoms with van der Waals surface area (Å²) in [5.74, 6) is 0.377. The second-order valence-electron chi connectivity index (χ2n) is 5.19. The zero-order valence-corrected chi connectivity index (χ0v) is 11.5. The number of rotatable bonds is 5. The van der Waals surface area contributed by atoms with Crippen molar-refractivity contribution in [1.29, 1.82) is 0 Å². The van der Waals surface area contributed by atoms with Crippen molar-refractivity contribution < 1.29 is 4.92 Å². The van der Waals surface area contributed by atoms with Gasteiger partial charge in [0.25, 0.3) is 0 Å². The maximum Gasteiger partial charge on any atom is 0.406 e. The van der Waals surface area contributed by atoms with Crippen molar-refractivity contribution in [2.24, 2.45) is 7.05 Å². The molecule has 1 N–H and O–H groups in total. The van der Waals surface area contributed by atoms with E-state index in [0.717, 1.165) is 19.6 Å². The van der Waals surface area contributed by atoms with Gasteiger partial charge in [-0.15, -0.1) is 0 Å². The number of hydrogen-bond acceptors (Lipinski definition) is 5. The molecule has 0 saturated carbocycles. The quantitative estimate of drug-likeness (QED) is 0.648. The summed E-state index contributed by atoms with van der Waals surface area (Å²) in [4.78, 5) is 16.6. The summed E-state index contributed by atoms with van der Waals surface area (Å²) in [6.07, 6.45) is 5.27. The average Bonchev–Trinajstić information content (AvgIpc) is 2.72. The molecule has 7 nitrogen and oxygen atoms in total. The number of piperidine rings is 1. The molecule has 0 radical (unpaired) electrons. The van der Waals surface area contributed by atoms with E-state index in [4.69, 9.17) is 0 Å². The van der Waals surface area contributed by atoms with Crippen molar-refractivity contribution in [3.8, 4) is 0 Å².